The Kier molecular flexibility index (Phi) is 3.46. The van der Waals surface area contributed by atoms with Gasteiger partial charge in [0, 0.05) is 17.3 Å². The highest BCUT2D eigenvalue weighted by Crippen LogP contribution is 2.21. The number of aromatic amines is 1. The van der Waals surface area contributed by atoms with Crippen LogP contribution < -0.4 is 4.74 Å². The van der Waals surface area contributed by atoms with Crippen molar-refractivity contribution < 1.29 is 4.74 Å². The number of benzene rings is 1. The van der Waals surface area contributed by atoms with E-state index in [1.807, 2.05) is 34.9 Å². The maximum Gasteiger partial charge on any atom is 0.213 e. The first-order chi connectivity index (χ1) is 9.67. The number of nitrogens with one attached hydrogen (secondary N) is 1. The van der Waals surface area contributed by atoms with Crippen molar-refractivity contribution in [2.45, 2.75) is 6.54 Å². The van der Waals surface area contributed by atoms with E-state index in [0.717, 1.165) is 16.6 Å². The van der Waals surface area contributed by atoms with E-state index in [4.69, 9.17) is 28.6 Å². The molecule has 0 saturated carbocycles. The Morgan fingerprint density at radius 1 is 1.35 bits per heavy atom. The van der Waals surface area contributed by atoms with Gasteiger partial charge in [0.2, 0.25) is 5.88 Å². The number of hydrogen-bond donors (Lipinski definition) is 1. The normalized spacial score (nSPS) is 10.9. The Hall–Kier alpha value is -1.85. The standard InChI is InChI=1S/C14H12ClN3OS/c1-19-13-6-9(4-5-16-13)8-18-12-7-10(15)2-3-11(12)17-14(18)20/h2-7H,8H2,1H3,(H,17,20). The maximum atomic E-state index is 6.06. The molecular weight excluding hydrogens is 294 g/mol. The number of methoxy groups -OCH3 is 1. The largest absolute Gasteiger partial charge is 0.481 e. The second-order valence-corrected chi connectivity index (χ2v) is 5.21. The molecular formula is C14H12ClN3OS. The molecule has 2 aromatic heterocycles. The second kappa shape index (κ2) is 5.26. The zero-order valence-corrected chi connectivity index (χ0v) is 12.3. The maximum absolute atomic E-state index is 6.06. The summed E-state index contributed by atoms with van der Waals surface area (Å²) in [6.45, 7) is 0.637. The van der Waals surface area contributed by atoms with E-state index in [0.29, 0.717) is 22.2 Å². The lowest BCUT2D eigenvalue weighted by Gasteiger charge is -2.06. The highest BCUT2D eigenvalue weighted by molar-refractivity contribution is 7.71. The van der Waals surface area contributed by atoms with Crippen LogP contribution in [0.5, 0.6) is 5.88 Å². The van der Waals surface area contributed by atoms with Crippen LogP contribution in [0.15, 0.2) is 36.5 Å². The van der Waals surface area contributed by atoms with Gasteiger partial charge in [0.1, 0.15) is 0 Å². The second-order valence-electron chi connectivity index (χ2n) is 4.38. The summed E-state index contributed by atoms with van der Waals surface area (Å²) in [5.74, 6) is 0.590. The average Bonchev–Trinajstić information content (AvgIpc) is 2.75. The van der Waals surface area contributed by atoms with Crippen LogP contribution in [0.25, 0.3) is 11.0 Å². The van der Waals surface area contributed by atoms with Crippen LogP contribution in [0.3, 0.4) is 0 Å². The molecule has 4 nitrogen and oxygen atoms in total. The van der Waals surface area contributed by atoms with Gasteiger partial charge < -0.3 is 14.3 Å². The van der Waals surface area contributed by atoms with Gasteiger partial charge in [-0.1, -0.05) is 11.6 Å². The number of hydrogen-bond acceptors (Lipinski definition) is 3. The lowest BCUT2D eigenvalue weighted by molar-refractivity contribution is 0.397. The quantitative estimate of drug-likeness (QED) is 0.748. The molecule has 0 saturated heterocycles. The summed E-state index contributed by atoms with van der Waals surface area (Å²) in [6.07, 6.45) is 1.72. The third-order valence-electron chi connectivity index (χ3n) is 3.09. The Bertz CT molecular complexity index is 825. The van der Waals surface area contributed by atoms with Crippen LogP contribution >= 0.6 is 23.8 Å². The van der Waals surface area contributed by atoms with Crippen molar-refractivity contribution in [3.8, 4) is 5.88 Å². The topological polar surface area (TPSA) is 42.8 Å². The van der Waals surface area contributed by atoms with Crippen molar-refractivity contribution in [1.82, 2.24) is 14.5 Å². The summed E-state index contributed by atoms with van der Waals surface area (Å²) in [5.41, 5.74) is 3.02. The number of H-pyrrole nitrogens is 1. The first-order valence-electron chi connectivity index (χ1n) is 6.04. The van der Waals surface area contributed by atoms with Crippen LogP contribution in [0, 0.1) is 4.77 Å². The highest BCUT2D eigenvalue weighted by atomic mass is 35.5. The molecule has 0 unspecified atom stereocenters. The van der Waals surface area contributed by atoms with Gasteiger partial charge in [-0.2, -0.15) is 0 Å². The van der Waals surface area contributed by atoms with Gasteiger partial charge in [-0.15, -0.1) is 0 Å². The Labute approximate surface area is 126 Å². The van der Waals surface area contributed by atoms with Crippen molar-refractivity contribution in [2.75, 3.05) is 7.11 Å². The predicted molar refractivity (Wildman–Crippen MR) is 82.0 cm³/mol. The molecule has 0 aliphatic heterocycles. The number of nitrogens with zero attached hydrogens (tertiary/aromatic N) is 2. The molecule has 0 bridgehead atoms. The number of ether oxygens (including phenoxy) is 1. The molecule has 1 aromatic carbocycles. The summed E-state index contributed by atoms with van der Waals surface area (Å²) in [6, 6.07) is 9.51. The number of halogens is 1. The SMILES string of the molecule is COc1cc(Cn2c(=S)[nH]c3ccc(Cl)cc32)ccn1. The number of rotatable bonds is 3. The summed E-state index contributed by atoms with van der Waals surface area (Å²) >= 11 is 11.4. The molecule has 1 N–H and O–H groups in total. The van der Waals surface area contributed by atoms with Crippen LogP contribution in [-0.4, -0.2) is 21.6 Å². The van der Waals surface area contributed by atoms with E-state index in [2.05, 4.69) is 9.97 Å². The molecule has 0 fully saturated rings. The minimum atomic E-state index is 0.590. The molecule has 0 atom stereocenters. The fourth-order valence-electron chi connectivity index (χ4n) is 2.13. The zero-order chi connectivity index (χ0) is 14.1. The van der Waals surface area contributed by atoms with Gasteiger partial charge in [0.25, 0.3) is 0 Å². The van der Waals surface area contributed by atoms with E-state index in [1.165, 1.54) is 0 Å². The van der Waals surface area contributed by atoms with Gasteiger partial charge in [0.15, 0.2) is 4.77 Å². The Morgan fingerprint density at radius 3 is 3.00 bits per heavy atom. The molecule has 0 aliphatic rings. The number of fused-ring (bicyclic) bond motifs is 1. The predicted octanol–water partition coefficient (Wildman–Crippen LogP) is 3.80. The van der Waals surface area contributed by atoms with E-state index in [-0.39, 0.29) is 0 Å². The van der Waals surface area contributed by atoms with Crippen molar-refractivity contribution in [3.05, 3.63) is 51.9 Å². The summed E-state index contributed by atoms with van der Waals surface area (Å²) in [7, 11) is 1.60. The van der Waals surface area contributed by atoms with E-state index in [9.17, 15) is 0 Å². The molecule has 3 aromatic rings. The fraction of sp³-hybridized carbons (Fsp3) is 0.143. The smallest absolute Gasteiger partial charge is 0.213 e. The van der Waals surface area contributed by atoms with Gasteiger partial charge in [-0.3, -0.25) is 0 Å². The van der Waals surface area contributed by atoms with Crippen LogP contribution in [-0.2, 0) is 6.54 Å². The minimum Gasteiger partial charge on any atom is -0.481 e. The van der Waals surface area contributed by atoms with Crippen molar-refractivity contribution in [1.29, 1.82) is 0 Å². The molecule has 20 heavy (non-hydrogen) atoms. The third kappa shape index (κ3) is 2.42. The number of aromatic nitrogens is 3. The van der Waals surface area contributed by atoms with Gasteiger partial charge in [-0.25, -0.2) is 4.98 Å². The molecule has 0 amide bonds. The Morgan fingerprint density at radius 2 is 2.20 bits per heavy atom. The molecule has 2 heterocycles. The van der Waals surface area contributed by atoms with Crippen LogP contribution in [0.4, 0.5) is 0 Å². The average molecular weight is 306 g/mol. The minimum absolute atomic E-state index is 0.590. The fourth-order valence-corrected chi connectivity index (χ4v) is 2.57. The van der Waals surface area contributed by atoms with Gasteiger partial charge >= 0.3 is 0 Å². The molecule has 0 spiro atoms. The summed E-state index contributed by atoms with van der Waals surface area (Å²) in [4.78, 5) is 7.27. The number of imidazole rings is 1. The van der Waals surface area contributed by atoms with Gasteiger partial charge in [0.05, 0.1) is 24.7 Å². The first-order valence-corrected chi connectivity index (χ1v) is 6.83. The van der Waals surface area contributed by atoms with Crippen LogP contribution in [0.1, 0.15) is 5.56 Å². The van der Waals surface area contributed by atoms with E-state index >= 15 is 0 Å². The molecule has 3 rings (SSSR count). The van der Waals surface area contributed by atoms with Crippen LogP contribution in [0.2, 0.25) is 5.02 Å². The van der Waals surface area contributed by atoms with E-state index < -0.39 is 0 Å². The highest BCUT2D eigenvalue weighted by Gasteiger charge is 2.06. The summed E-state index contributed by atoms with van der Waals surface area (Å²) < 4.78 is 7.81. The molecule has 102 valence electrons. The summed E-state index contributed by atoms with van der Waals surface area (Å²) in [5, 5.41) is 0.688. The van der Waals surface area contributed by atoms with E-state index in [1.54, 1.807) is 13.3 Å². The first kappa shape index (κ1) is 13.1. The molecule has 0 radical (unpaired) electrons. The van der Waals surface area contributed by atoms with Crippen molar-refractivity contribution >= 4 is 34.9 Å². The van der Waals surface area contributed by atoms with Crippen molar-refractivity contribution in [2.24, 2.45) is 0 Å². The molecule has 6 heteroatoms. The third-order valence-corrected chi connectivity index (χ3v) is 3.64. The zero-order valence-electron chi connectivity index (χ0n) is 10.8. The Balaban J connectivity index is 2.07. The van der Waals surface area contributed by atoms with Crippen molar-refractivity contribution in [3.63, 3.8) is 0 Å². The lowest BCUT2D eigenvalue weighted by atomic mass is 10.2. The van der Waals surface area contributed by atoms with Gasteiger partial charge in [-0.05, 0) is 42.0 Å². The number of pyridine rings is 1. The lowest BCUT2D eigenvalue weighted by Crippen LogP contribution is -2.00. The molecule has 0 aliphatic carbocycles. The monoisotopic (exact) mass is 305 g/mol.